The monoisotopic (exact) mass is 979 g/mol. The van der Waals surface area contributed by atoms with E-state index in [0.717, 1.165) is 76.6 Å². The third-order valence-corrected chi connectivity index (χ3v) is 11.9. The largest absolute Gasteiger partial charge is 0.480 e. The number of nitrogens with one attached hydrogen (secondary N) is 2. The number of rotatable bonds is 21. The topological polar surface area (TPSA) is 289 Å². The van der Waals surface area contributed by atoms with Gasteiger partial charge in [0.05, 0.1) is 12.2 Å². The van der Waals surface area contributed by atoms with Crippen LogP contribution in [0.1, 0.15) is 126 Å². The number of esters is 1. The van der Waals surface area contributed by atoms with Crippen LogP contribution in [0.5, 0.6) is 0 Å². The van der Waals surface area contributed by atoms with Gasteiger partial charge < -0.3 is 47.4 Å². The fourth-order valence-electron chi connectivity index (χ4n) is 8.16. The number of carboxylic acids is 1. The van der Waals surface area contributed by atoms with Crippen molar-refractivity contribution >= 4 is 36.0 Å². The quantitative estimate of drug-likeness (QED) is 0.0131. The Morgan fingerprint density at radius 2 is 0.944 bits per heavy atom. The number of nitrogens with two attached hydrogens (primary N) is 4. The van der Waals surface area contributed by atoms with Crippen LogP contribution < -0.4 is 33.6 Å². The van der Waals surface area contributed by atoms with Crippen LogP contribution in [-0.2, 0) is 23.8 Å². The number of carbonyl (C=O) groups is 4. The van der Waals surface area contributed by atoms with Gasteiger partial charge in [-0.15, -0.1) is 0 Å². The number of alkyl carbamates (subject to hydrolysis) is 2. The molecule has 0 spiro atoms. The van der Waals surface area contributed by atoms with Gasteiger partial charge in [-0.25, -0.2) is 9.59 Å². The summed E-state index contributed by atoms with van der Waals surface area (Å²) in [5, 5.41) is 22.2. The Kier molecular flexibility index (Phi) is 24.0. The number of aliphatic imine (C=N–C) groups is 2. The molecule has 2 amide bonds. The predicted molar refractivity (Wildman–Crippen MR) is 278 cm³/mol. The molecule has 4 aromatic rings. The second-order valence-electron chi connectivity index (χ2n) is 17.7. The molecule has 4 atom stereocenters. The van der Waals surface area contributed by atoms with Crippen LogP contribution in [0.25, 0.3) is 22.3 Å². The zero-order chi connectivity index (χ0) is 51.7. The molecule has 0 saturated carbocycles. The highest BCUT2D eigenvalue weighted by molar-refractivity contribution is 5.93. The minimum absolute atomic E-state index is 0.0303. The smallest absolute Gasteiger partial charge is 0.413 e. The van der Waals surface area contributed by atoms with Gasteiger partial charge in [-0.05, 0) is 96.9 Å². The summed E-state index contributed by atoms with van der Waals surface area (Å²) >= 11 is 0. The Morgan fingerprint density at radius 3 is 1.30 bits per heavy atom. The van der Waals surface area contributed by atoms with Gasteiger partial charge in [0, 0.05) is 24.9 Å². The summed E-state index contributed by atoms with van der Waals surface area (Å²) in [4.78, 5) is 55.1. The Morgan fingerprint density at radius 1 is 0.577 bits per heavy atom. The third kappa shape index (κ3) is 18.5. The molecule has 0 fully saturated rings. The van der Waals surface area contributed by atoms with E-state index in [1.807, 2.05) is 74.5 Å². The van der Waals surface area contributed by atoms with Gasteiger partial charge in [0.2, 0.25) is 0 Å². The lowest BCUT2D eigenvalue weighted by atomic mass is 9.98. The lowest BCUT2D eigenvalue weighted by Gasteiger charge is -2.16. The summed E-state index contributed by atoms with van der Waals surface area (Å²) < 4.78 is 16.2. The highest BCUT2D eigenvalue weighted by Crippen LogP contribution is 2.45. The van der Waals surface area contributed by atoms with Crippen molar-refractivity contribution in [3.05, 3.63) is 119 Å². The van der Waals surface area contributed by atoms with E-state index >= 15 is 0 Å². The first-order valence-corrected chi connectivity index (χ1v) is 24.6. The van der Waals surface area contributed by atoms with E-state index in [9.17, 15) is 19.2 Å². The maximum atomic E-state index is 12.3. The van der Waals surface area contributed by atoms with Crippen LogP contribution in [0.2, 0.25) is 0 Å². The minimum atomic E-state index is -1.06. The number of carboxylic acid groups (broad SMARTS) is 1. The molecule has 0 saturated heterocycles. The SMILES string of the molecule is CCCCC(C)O.CCCCC(C)OC(=O)C(N)CCCN=C(N)NC(=O)OCC1c2ccccc2-c2ccccc21.NC(=NCCCC(N)C(=O)O)NC(=O)OCC1c2ccccc2-c2ccccc21. The Balaban J connectivity index is 0.000000275. The first kappa shape index (κ1) is 56.8. The lowest BCUT2D eigenvalue weighted by molar-refractivity contribution is -0.150. The number of fused-ring (bicyclic) bond motifs is 6. The number of aliphatic hydroxyl groups is 1. The molecule has 0 bridgehead atoms. The van der Waals surface area contributed by atoms with E-state index in [4.69, 9.17) is 47.4 Å². The van der Waals surface area contributed by atoms with Gasteiger partial charge in [-0.1, -0.05) is 137 Å². The van der Waals surface area contributed by atoms with Crippen LogP contribution in [-0.4, -0.2) is 96.9 Å². The van der Waals surface area contributed by atoms with Crippen molar-refractivity contribution in [1.82, 2.24) is 10.6 Å². The summed E-state index contributed by atoms with van der Waals surface area (Å²) in [6.45, 7) is 8.88. The number of carbonyl (C=O) groups excluding carboxylic acids is 3. The number of unbranched alkanes of at least 4 members (excludes halogenated alkanes) is 2. The van der Waals surface area contributed by atoms with E-state index in [1.54, 1.807) is 0 Å². The molecule has 0 radical (unpaired) electrons. The van der Waals surface area contributed by atoms with Crippen LogP contribution in [0.3, 0.4) is 0 Å². The summed E-state index contributed by atoms with van der Waals surface area (Å²) in [5.41, 5.74) is 32.0. The van der Waals surface area contributed by atoms with Crippen LogP contribution in [0, 0.1) is 0 Å². The molecule has 4 aromatic carbocycles. The summed E-state index contributed by atoms with van der Waals surface area (Å²) in [6.07, 6.45) is 6.28. The molecule has 0 heterocycles. The number of guanidine groups is 2. The maximum absolute atomic E-state index is 12.3. The fourth-order valence-corrected chi connectivity index (χ4v) is 8.16. The lowest BCUT2D eigenvalue weighted by Crippen LogP contribution is -2.38. The number of ether oxygens (including phenoxy) is 3. The molecule has 6 rings (SSSR count). The Labute approximate surface area is 417 Å². The average molecular weight is 979 g/mol. The van der Waals surface area contributed by atoms with E-state index in [1.165, 1.54) is 6.42 Å². The average Bonchev–Trinajstić information content (AvgIpc) is 3.86. The number of benzene rings is 4. The molecule has 2 aliphatic carbocycles. The van der Waals surface area contributed by atoms with E-state index < -0.39 is 36.2 Å². The molecule has 2 aliphatic rings. The van der Waals surface area contributed by atoms with Gasteiger partial charge in [0.1, 0.15) is 25.3 Å². The second-order valence-corrected chi connectivity index (χ2v) is 17.7. The summed E-state index contributed by atoms with van der Waals surface area (Å²) in [6, 6.07) is 30.8. The third-order valence-electron chi connectivity index (χ3n) is 11.9. The molecule has 12 N–H and O–H groups in total. The summed E-state index contributed by atoms with van der Waals surface area (Å²) in [7, 11) is 0. The van der Waals surface area contributed by atoms with Gasteiger partial charge >= 0.3 is 24.1 Å². The molecule has 384 valence electrons. The zero-order valence-corrected chi connectivity index (χ0v) is 41.6. The summed E-state index contributed by atoms with van der Waals surface area (Å²) in [5.74, 6) is -1.64. The van der Waals surface area contributed by atoms with Crippen molar-refractivity contribution in [1.29, 1.82) is 0 Å². The molecule has 17 nitrogen and oxygen atoms in total. The molecular weight excluding hydrogens is 905 g/mol. The van der Waals surface area contributed by atoms with Gasteiger partial charge in [0.15, 0.2) is 11.9 Å². The highest BCUT2D eigenvalue weighted by Gasteiger charge is 2.30. The molecule has 71 heavy (non-hydrogen) atoms. The normalized spacial score (nSPS) is 14.3. The van der Waals surface area contributed by atoms with Gasteiger partial charge in [-0.2, -0.15) is 0 Å². The first-order chi connectivity index (χ1) is 34.1. The van der Waals surface area contributed by atoms with Crippen LogP contribution in [0.4, 0.5) is 9.59 Å². The van der Waals surface area contributed by atoms with Crippen molar-refractivity contribution in [2.75, 3.05) is 26.3 Å². The minimum Gasteiger partial charge on any atom is -0.480 e. The second kappa shape index (κ2) is 30.0. The molecular formula is C54H74N8O9. The van der Waals surface area contributed by atoms with E-state index in [-0.39, 0.29) is 62.1 Å². The maximum Gasteiger partial charge on any atom is 0.413 e. The van der Waals surface area contributed by atoms with Gasteiger partial charge in [-0.3, -0.25) is 30.2 Å². The van der Waals surface area contributed by atoms with Gasteiger partial charge in [0.25, 0.3) is 0 Å². The fraction of sp³-hybridized carbons (Fsp3) is 0.444. The van der Waals surface area contributed by atoms with Crippen molar-refractivity contribution in [3.63, 3.8) is 0 Å². The van der Waals surface area contributed by atoms with E-state index in [2.05, 4.69) is 70.9 Å². The number of nitrogens with zero attached hydrogens (tertiary/aromatic N) is 2. The van der Waals surface area contributed by atoms with E-state index in [0.29, 0.717) is 25.8 Å². The Hall–Kier alpha value is -6.82. The van der Waals surface area contributed by atoms with Crippen molar-refractivity contribution in [3.8, 4) is 22.3 Å². The number of aliphatic hydroxyl groups excluding tert-OH is 1. The van der Waals surface area contributed by atoms with Crippen LogP contribution in [0.15, 0.2) is 107 Å². The van der Waals surface area contributed by atoms with Crippen molar-refractivity contribution in [2.45, 2.75) is 128 Å². The predicted octanol–water partition coefficient (Wildman–Crippen LogP) is 7.66. The Bertz CT molecular complexity index is 2300. The van der Waals surface area contributed by atoms with Crippen LogP contribution >= 0.6 is 0 Å². The first-order valence-electron chi connectivity index (χ1n) is 24.6. The van der Waals surface area contributed by atoms with Crippen molar-refractivity contribution in [2.24, 2.45) is 32.9 Å². The number of hydrogen-bond acceptors (Lipinski definition) is 12. The molecule has 0 aliphatic heterocycles. The molecule has 17 heteroatoms. The number of amides is 2. The number of hydrogen-bond donors (Lipinski definition) is 8. The zero-order valence-electron chi connectivity index (χ0n) is 41.6. The standard InChI is InChI=1S/C27H36N4O4.C21H24N4O4.C6H14O/c1-3-4-10-18(2)35-25(32)24(28)15-9-16-30-26(29)31-27(33)34-17-23-21-13-7-5-11-19(21)20-12-6-8-14-22(20)23;22-18(19(26)27)10-5-11-24-20(23)25-21(28)29-12-17-15-8-3-1-6-13(15)14-7-2-4-9-16(14)17;1-3-4-5-6(2)7/h5-8,11-14,18,23-24H,3-4,9-10,15-17,28H2,1-2H3,(H3,29,30,31,33);1-4,6-9,17-18H,5,10-12,22H2,(H,26,27)(H3,23,24,25,28);6-7H,3-5H2,1-2H3. The molecule has 0 aromatic heterocycles. The highest BCUT2D eigenvalue weighted by atomic mass is 16.6. The van der Waals surface area contributed by atoms with Crippen molar-refractivity contribution < 1.29 is 43.6 Å². The molecule has 4 unspecified atom stereocenters. The number of aliphatic carboxylic acids is 1.